The van der Waals surface area contributed by atoms with Crippen molar-refractivity contribution >= 4 is 6.08 Å². The van der Waals surface area contributed by atoms with Crippen molar-refractivity contribution in [1.29, 1.82) is 10.5 Å². The van der Waals surface area contributed by atoms with Crippen LogP contribution in [0.2, 0.25) is 0 Å². The summed E-state index contributed by atoms with van der Waals surface area (Å²) in [5.74, 6) is -0.551. The van der Waals surface area contributed by atoms with Gasteiger partial charge in [-0.2, -0.15) is 23.7 Å². The monoisotopic (exact) mass is 268 g/mol. The van der Waals surface area contributed by atoms with Crippen LogP contribution >= 0.6 is 0 Å². The molecule has 1 aromatic rings. The number of rotatable bonds is 3. The molecule has 0 spiro atoms. The third-order valence-corrected chi connectivity index (χ3v) is 1.95. The quantitative estimate of drug-likeness (QED) is 0.855. The molecule has 0 atom stereocenters. The van der Waals surface area contributed by atoms with E-state index >= 15 is 0 Å². The summed E-state index contributed by atoms with van der Waals surface area (Å²) in [5, 5.41) is 26.6. The van der Waals surface area contributed by atoms with Crippen LogP contribution in [0.25, 0.3) is 6.08 Å². The van der Waals surface area contributed by atoms with E-state index in [9.17, 15) is 18.3 Å². The number of phenolic OH excluding ortho intramolecular Hbond substituents is 1. The van der Waals surface area contributed by atoms with Crippen LogP contribution in [0.3, 0.4) is 0 Å². The van der Waals surface area contributed by atoms with Crippen molar-refractivity contribution in [3.05, 3.63) is 29.3 Å². The summed E-state index contributed by atoms with van der Waals surface area (Å²) in [5.41, 5.74) is -0.100. The molecule has 0 saturated heterocycles. The molecule has 0 bridgehead atoms. The lowest BCUT2D eigenvalue weighted by Gasteiger charge is -2.09. The van der Waals surface area contributed by atoms with Gasteiger partial charge in [-0.25, -0.2) is 0 Å². The molecule has 19 heavy (non-hydrogen) atoms. The maximum atomic E-state index is 11.9. The number of nitrogens with zero attached hydrogens (tertiary/aromatic N) is 2. The van der Waals surface area contributed by atoms with E-state index in [1.165, 1.54) is 12.1 Å². The SMILES string of the molecule is N#CC(C#N)=Cc1ccc(OCC(F)(F)F)cc1O. The van der Waals surface area contributed by atoms with Crippen molar-refractivity contribution in [3.8, 4) is 23.6 Å². The summed E-state index contributed by atoms with van der Waals surface area (Å²) in [7, 11) is 0. The molecular formula is C12H7F3N2O2. The average molecular weight is 268 g/mol. The average Bonchev–Trinajstić information content (AvgIpc) is 2.34. The van der Waals surface area contributed by atoms with E-state index in [-0.39, 0.29) is 22.6 Å². The molecule has 0 amide bonds. The van der Waals surface area contributed by atoms with Gasteiger partial charge < -0.3 is 9.84 Å². The minimum atomic E-state index is -4.47. The van der Waals surface area contributed by atoms with Gasteiger partial charge in [-0.1, -0.05) is 0 Å². The van der Waals surface area contributed by atoms with Crippen molar-refractivity contribution in [3.63, 3.8) is 0 Å². The Morgan fingerprint density at radius 1 is 1.32 bits per heavy atom. The highest BCUT2D eigenvalue weighted by atomic mass is 19.4. The van der Waals surface area contributed by atoms with Crippen molar-refractivity contribution < 1.29 is 23.0 Å². The standard InChI is InChI=1S/C12H7F3N2O2/c13-12(14,15)7-19-10-2-1-9(11(18)4-10)3-8(5-16)6-17/h1-4,18H,7H2. The second-order valence-electron chi connectivity index (χ2n) is 3.41. The van der Waals surface area contributed by atoms with E-state index in [0.29, 0.717) is 0 Å². The van der Waals surface area contributed by atoms with Crippen LogP contribution < -0.4 is 4.74 Å². The molecule has 0 aliphatic heterocycles. The Balaban J connectivity index is 2.91. The van der Waals surface area contributed by atoms with Gasteiger partial charge in [-0.05, 0) is 18.2 Å². The van der Waals surface area contributed by atoms with Gasteiger partial charge in [0.25, 0.3) is 0 Å². The number of nitriles is 2. The fourth-order valence-electron chi connectivity index (χ4n) is 1.15. The van der Waals surface area contributed by atoms with E-state index < -0.39 is 12.8 Å². The first kappa shape index (κ1) is 14.4. The summed E-state index contributed by atoms with van der Waals surface area (Å²) in [6.45, 7) is -1.47. The highest BCUT2D eigenvalue weighted by Crippen LogP contribution is 2.26. The number of halogens is 3. The first-order valence-electron chi connectivity index (χ1n) is 4.90. The van der Waals surface area contributed by atoms with Gasteiger partial charge in [0.15, 0.2) is 6.61 Å². The Kier molecular flexibility index (Phi) is 4.38. The Labute approximate surface area is 106 Å². The zero-order valence-electron chi connectivity index (χ0n) is 9.40. The maximum Gasteiger partial charge on any atom is 0.422 e. The molecule has 0 saturated carbocycles. The summed E-state index contributed by atoms with van der Waals surface area (Å²) >= 11 is 0. The smallest absolute Gasteiger partial charge is 0.422 e. The van der Waals surface area contributed by atoms with E-state index in [2.05, 4.69) is 4.74 Å². The molecule has 0 radical (unpaired) electrons. The molecule has 0 aliphatic rings. The van der Waals surface area contributed by atoms with Crippen molar-refractivity contribution in [2.45, 2.75) is 6.18 Å². The molecule has 1 rings (SSSR count). The zero-order chi connectivity index (χ0) is 14.5. The second kappa shape index (κ2) is 5.78. The lowest BCUT2D eigenvalue weighted by molar-refractivity contribution is -0.153. The predicted molar refractivity (Wildman–Crippen MR) is 58.9 cm³/mol. The van der Waals surface area contributed by atoms with Crippen LogP contribution in [0.1, 0.15) is 5.56 Å². The molecule has 0 fully saturated rings. The summed E-state index contributed by atoms with van der Waals surface area (Å²) < 4.78 is 40.2. The minimum Gasteiger partial charge on any atom is -0.507 e. The molecule has 1 aromatic carbocycles. The fourth-order valence-corrected chi connectivity index (χ4v) is 1.15. The Morgan fingerprint density at radius 2 is 1.95 bits per heavy atom. The topological polar surface area (TPSA) is 77.0 Å². The highest BCUT2D eigenvalue weighted by Gasteiger charge is 2.28. The Hall–Kier alpha value is -2.67. The maximum absolute atomic E-state index is 11.9. The van der Waals surface area contributed by atoms with Gasteiger partial charge in [-0.3, -0.25) is 0 Å². The Bertz CT molecular complexity index is 564. The van der Waals surface area contributed by atoms with Gasteiger partial charge in [0, 0.05) is 11.6 Å². The summed E-state index contributed by atoms with van der Waals surface area (Å²) in [6.07, 6.45) is -3.36. The molecule has 7 heteroatoms. The number of hydrogen-bond acceptors (Lipinski definition) is 4. The molecule has 0 unspecified atom stereocenters. The first-order valence-corrected chi connectivity index (χ1v) is 4.90. The van der Waals surface area contributed by atoms with Crippen LogP contribution in [-0.4, -0.2) is 17.9 Å². The molecule has 98 valence electrons. The lowest BCUT2D eigenvalue weighted by atomic mass is 10.1. The number of aromatic hydroxyl groups is 1. The predicted octanol–water partition coefficient (Wildman–Crippen LogP) is 2.76. The molecular weight excluding hydrogens is 261 g/mol. The third kappa shape index (κ3) is 4.60. The second-order valence-corrected chi connectivity index (χ2v) is 3.41. The van der Waals surface area contributed by atoms with Crippen LogP contribution in [0.15, 0.2) is 23.8 Å². The Morgan fingerprint density at radius 3 is 2.42 bits per heavy atom. The van der Waals surface area contributed by atoms with Gasteiger partial charge >= 0.3 is 6.18 Å². The van der Waals surface area contributed by atoms with Gasteiger partial charge in [0.05, 0.1) is 0 Å². The van der Waals surface area contributed by atoms with Gasteiger partial charge in [-0.15, -0.1) is 0 Å². The number of alkyl halides is 3. The molecule has 0 aromatic heterocycles. The van der Waals surface area contributed by atoms with Crippen LogP contribution in [0.4, 0.5) is 13.2 Å². The van der Waals surface area contributed by atoms with E-state index in [1.807, 2.05) is 0 Å². The van der Waals surface area contributed by atoms with Crippen LogP contribution in [0, 0.1) is 22.7 Å². The largest absolute Gasteiger partial charge is 0.507 e. The number of allylic oxidation sites excluding steroid dienone is 1. The van der Waals surface area contributed by atoms with E-state index in [0.717, 1.165) is 12.1 Å². The van der Waals surface area contributed by atoms with E-state index in [1.54, 1.807) is 12.1 Å². The normalized spacial score (nSPS) is 10.2. The number of hydrogen-bond donors (Lipinski definition) is 1. The highest BCUT2D eigenvalue weighted by molar-refractivity contribution is 5.66. The first-order chi connectivity index (χ1) is 8.85. The number of benzene rings is 1. The van der Waals surface area contributed by atoms with Gasteiger partial charge in [0.2, 0.25) is 0 Å². The minimum absolute atomic E-state index is 0.137. The fraction of sp³-hybridized carbons (Fsp3) is 0.167. The van der Waals surface area contributed by atoms with Crippen LogP contribution in [0.5, 0.6) is 11.5 Å². The molecule has 1 N–H and O–H groups in total. The molecule has 4 nitrogen and oxygen atoms in total. The third-order valence-electron chi connectivity index (χ3n) is 1.95. The van der Waals surface area contributed by atoms with Crippen molar-refractivity contribution in [2.24, 2.45) is 0 Å². The zero-order valence-corrected chi connectivity index (χ0v) is 9.40. The van der Waals surface area contributed by atoms with Gasteiger partial charge in [0.1, 0.15) is 29.2 Å². The molecule has 0 aliphatic carbocycles. The summed E-state index contributed by atoms with van der Waals surface area (Å²) in [4.78, 5) is 0. The summed E-state index contributed by atoms with van der Waals surface area (Å²) in [6, 6.07) is 6.61. The van der Waals surface area contributed by atoms with E-state index in [4.69, 9.17) is 10.5 Å². The number of ether oxygens (including phenoxy) is 1. The van der Waals surface area contributed by atoms with Crippen LogP contribution in [-0.2, 0) is 0 Å². The molecule has 0 heterocycles. The number of phenols is 1. The lowest BCUT2D eigenvalue weighted by Crippen LogP contribution is -2.19. The van der Waals surface area contributed by atoms with Crippen molar-refractivity contribution in [1.82, 2.24) is 0 Å². The van der Waals surface area contributed by atoms with Crippen molar-refractivity contribution in [2.75, 3.05) is 6.61 Å².